The van der Waals surface area contributed by atoms with Gasteiger partial charge in [0.2, 0.25) is 0 Å². The lowest BCUT2D eigenvalue weighted by Crippen LogP contribution is -1.99. The number of rotatable bonds is 2. The molecule has 0 fully saturated rings. The van der Waals surface area contributed by atoms with Crippen LogP contribution >= 0.6 is 0 Å². The minimum absolute atomic E-state index is 0.804. The molecule has 0 saturated heterocycles. The van der Waals surface area contributed by atoms with E-state index in [9.17, 15) is 0 Å². The van der Waals surface area contributed by atoms with Crippen molar-refractivity contribution >= 4 is 18.9 Å². The predicted octanol–water partition coefficient (Wildman–Crippen LogP) is 3.88. The predicted molar refractivity (Wildman–Crippen MR) is 83.6 cm³/mol. The van der Waals surface area contributed by atoms with Gasteiger partial charge in [0.15, 0.2) is 0 Å². The Morgan fingerprint density at radius 1 is 0.789 bits per heavy atom. The Hall–Kier alpha value is -2.02. The van der Waals surface area contributed by atoms with Gasteiger partial charge in [0, 0.05) is 0 Å². The number of hydrogen-bond donors (Lipinski definition) is 0. The molecule has 0 nitrogen and oxygen atoms in total. The van der Waals surface area contributed by atoms with Crippen molar-refractivity contribution in [1.29, 1.82) is 0 Å². The largest absolute Gasteiger partial charge is 0.113 e. The van der Waals surface area contributed by atoms with Crippen molar-refractivity contribution in [2.75, 3.05) is 0 Å². The van der Waals surface area contributed by atoms with Crippen molar-refractivity contribution in [2.45, 2.75) is 12.8 Å². The Morgan fingerprint density at radius 2 is 1.58 bits per heavy atom. The van der Waals surface area contributed by atoms with Crippen molar-refractivity contribution in [3.05, 3.63) is 72.3 Å². The van der Waals surface area contributed by atoms with Crippen LogP contribution in [0, 0.1) is 0 Å². The van der Waals surface area contributed by atoms with Gasteiger partial charge in [-0.25, -0.2) is 0 Å². The van der Waals surface area contributed by atoms with Crippen LogP contribution in [0.3, 0.4) is 0 Å². The molecule has 0 heterocycles. The second kappa shape index (κ2) is 5.32. The molecule has 3 rings (SSSR count). The molecule has 2 radical (unpaired) electrons. The van der Waals surface area contributed by atoms with Crippen molar-refractivity contribution in [2.24, 2.45) is 0 Å². The monoisotopic (exact) mass is 242 g/mol. The van der Waals surface area contributed by atoms with Crippen LogP contribution in [0.2, 0.25) is 0 Å². The van der Waals surface area contributed by atoms with E-state index in [1.54, 1.807) is 0 Å². The van der Waals surface area contributed by atoms with Gasteiger partial charge in [0.25, 0.3) is 0 Å². The molecule has 0 atom stereocenters. The average Bonchev–Trinajstić information content (AvgIpc) is 2.49. The van der Waals surface area contributed by atoms with Crippen LogP contribution in [-0.4, -0.2) is 7.85 Å². The fourth-order valence-electron chi connectivity index (χ4n) is 2.38. The summed E-state index contributed by atoms with van der Waals surface area (Å²) < 4.78 is 0. The lowest BCUT2D eigenvalue weighted by atomic mass is 9.92. The molecule has 0 bridgehead atoms. The van der Waals surface area contributed by atoms with E-state index >= 15 is 0 Å². The zero-order chi connectivity index (χ0) is 13.1. The quantitative estimate of drug-likeness (QED) is 0.701. The van der Waals surface area contributed by atoms with Crippen molar-refractivity contribution in [3.8, 4) is 11.1 Å². The maximum atomic E-state index is 5.73. The molecular formula is C18H15B. The van der Waals surface area contributed by atoms with Gasteiger partial charge in [0.1, 0.15) is 7.85 Å². The van der Waals surface area contributed by atoms with E-state index in [4.69, 9.17) is 7.85 Å². The van der Waals surface area contributed by atoms with Gasteiger partial charge in [-0.1, -0.05) is 66.2 Å². The zero-order valence-corrected chi connectivity index (χ0v) is 10.8. The summed E-state index contributed by atoms with van der Waals surface area (Å²) >= 11 is 0. The third kappa shape index (κ3) is 2.71. The molecular weight excluding hydrogens is 227 g/mol. The topological polar surface area (TPSA) is 0 Å². The molecule has 2 aromatic rings. The Kier molecular flexibility index (Phi) is 3.37. The first kappa shape index (κ1) is 12.0. The number of allylic oxidation sites excluding steroid dienone is 4. The summed E-state index contributed by atoms with van der Waals surface area (Å²) in [5.41, 5.74) is 5.85. The van der Waals surface area contributed by atoms with Crippen molar-refractivity contribution < 1.29 is 0 Å². The maximum Gasteiger partial charge on any atom is 0.113 e. The molecule has 1 heteroatoms. The normalized spacial score (nSPS) is 14.2. The second-order valence-electron chi connectivity index (χ2n) is 4.84. The molecule has 0 spiro atoms. The van der Waals surface area contributed by atoms with Crippen LogP contribution in [-0.2, 0) is 0 Å². The van der Waals surface area contributed by atoms with Crippen LogP contribution in [0.25, 0.3) is 16.7 Å². The zero-order valence-electron chi connectivity index (χ0n) is 10.8. The van der Waals surface area contributed by atoms with Gasteiger partial charge in [-0.05, 0) is 41.2 Å². The summed E-state index contributed by atoms with van der Waals surface area (Å²) in [6.45, 7) is 0. The van der Waals surface area contributed by atoms with Gasteiger partial charge < -0.3 is 0 Å². The minimum Gasteiger partial charge on any atom is -0.0966 e. The average molecular weight is 242 g/mol. The summed E-state index contributed by atoms with van der Waals surface area (Å²) in [4.78, 5) is 0. The summed E-state index contributed by atoms with van der Waals surface area (Å²) in [6, 6.07) is 16.7. The van der Waals surface area contributed by atoms with E-state index in [1.807, 2.05) is 12.1 Å². The third-order valence-corrected chi connectivity index (χ3v) is 3.43. The van der Waals surface area contributed by atoms with Gasteiger partial charge in [0.05, 0.1) is 0 Å². The highest BCUT2D eigenvalue weighted by atomic mass is 14.1. The fourth-order valence-corrected chi connectivity index (χ4v) is 2.38. The Balaban J connectivity index is 1.98. The summed E-state index contributed by atoms with van der Waals surface area (Å²) in [5, 5.41) is 0. The molecule has 1 aliphatic rings. The van der Waals surface area contributed by atoms with Gasteiger partial charge >= 0.3 is 0 Å². The van der Waals surface area contributed by atoms with Crippen LogP contribution in [0.1, 0.15) is 18.4 Å². The van der Waals surface area contributed by atoms with E-state index in [2.05, 4.69) is 54.6 Å². The Labute approximate surface area is 115 Å². The standard InChI is InChI=1S/C18H15B/c19-18-11-9-15(10-12-18)17-8-4-7-16(13-17)14-5-2-1-3-6-14/h2,4-13H,1,3H2. The fraction of sp³-hybridized carbons (Fsp3) is 0.111. The number of hydrogen-bond acceptors (Lipinski definition) is 0. The van der Waals surface area contributed by atoms with Crippen LogP contribution < -0.4 is 5.46 Å². The SMILES string of the molecule is [B]c1ccc(-c2cccc(C3=CCCC=C3)c2)cc1. The molecule has 2 aromatic carbocycles. The molecule has 1 aliphatic carbocycles. The van der Waals surface area contributed by atoms with E-state index in [1.165, 1.54) is 22.3 Å². The summed E-state index contributed by atoms with van der Waals surface area (Å²) in [5.74, 6) is 0. The van der Waals surface area contributed by atoms with Gasteiger partial charge in [-0.15, -0.1) is 0 Å². The molecule has 19 heavy (non-hydrogen) atoms. The smallest absolute Gasteiger partial charge is 0.0966 e. The maximum absolute atomic E-state index is 5.73. The first-order valence-corrected chi connectivity index (χ1v) is 6.66. The minimum atomic E-state index is 0.804. The molecule has 0 amide bonds. The van der Waals surface area contributed by atoms with Gasteiger partial charge in [-0.3, -0.25) is 0 Å². The lowest BCUT2D eigenvalue weighted by Gasteiger charge is -2.09. The van der Waals surface area contributed by atoms with Crippen LogP contribution in [0.15, 0.2) is 66.8 Å². The molecule has 90 valence electrons. The van der Waals surface area contributed by atoms with E-state index < -0.39 is 0 Å². The molecule has 0 saturated carbocycles. The molecule has 0 N–H and O–H groups in total. The second-order valence-corrected chi connectivity index (χ2v) is 4.84. The Bertz CT molecular complexity index is 633. The lowest BCUT2D eigenvalue weighted by molar-refractivity contribution is 1.04. The van der Waals surface area contributed by atoms with E-state index in [-0.39, 0.29) is 0 Å². The first-order chi connectivity index (χ1) is 9.33. The molecule has 0 aliphatic heterocycles. The van der Waals surface area contributed by atoms with Crippen LogP contribution in [0.5, 0.6) is 0 Å². The highest BCUT2D eigenvalue weighted by Gasteiger charge is 2.03. The highest BCUT2D eigenvalue weighted by Crippen LogP contribution is 2.26. The molecule has 0 unspecified atom stereocenters. The van der Waals surface area contributed by atoms with Crippen LogP contribution in [0.4, 0.5) is 0 Å². The van der Waals surface area contributed by atoms with Crippen molar-refractivity contribution in [1.82, 2.24) is 0 Å². The first-order valence-electron chi connectivity index (χ1n) is 6.66. The summed E-state index contributed by atoms with van der Waals surface area (Å²) in [7, 11) is 5.73. The van der Waals surface area contributed by atoms with Crippen molar-refractivity contribution in [3.63, 3.8) is 0 Å². The van der Waals surface area contributed by atoms with E-state index in [0.29, 0.717) is 0 Å². The number of benzene rings is 2. The Morgan fingerprint density at radius 3 is 2.32 bits per heavy atom. The molecule has 0 aromatic heterocycles. The van der Waals surface area contributed by atoms with Gasteiger partial charge in [-0.2, -0.15) is 0 Å². The van der Waals surface area contributed by atoms with E-state index in [0.717, 1.165) is 18.3 Å². The third-order valence-electron chi connectivity index (χ3n) is 3.43. The highest BCUT2D eigenvalue weighted by molar-refractivity contribution is 6.32. The summed E-state index contributed by atoms with van der Waals surface area (Å²) in [6.07, 6.45) is 9.05.